The van der Waals surface area contributed by atoms with E-state index < -0.39 is 0 Å². The Labute approximate surface area is 75.3 Å². The highest BCUT2D eigenvalue weighted by Gasteiger charge is 2.29. The van der Waals surface area contributed by atoms with E-state index in [1.807, 2.05) is 0 Å². The van der Waals surface area contributed by atoms with Gasteiger partial charge in [0.25, 0.3) is 0 Å². The maximum absolute atomic E-state index is 11.3. The van der Waals surface area contributed by atoms with E-state index in [1.54, 1.807) is 30.5 Å². The normalized spacial score (nSPS) is 21.7. The van der Waals surface area contributed by atoms with E-state index in [9.17, 15) is 5.21 Å². The number of fused-ring (bicyclic) bond motifs is 1. The van der Waals surface area contributed by atoms with Crippen molar-refractivity contribution in [2.45, 2.75) is 0 Å². The molecule has 2 aliphatic rings. The summed E-state index contributed by atoms with van der Waals surface area (Å²) in [7, 11) is 1.74. The van der Waals surface area contributed by atoms with Gasteiger partial charge in [-0.25, -0.2) is 0 Å². The van der Waals surface area contributed by atoms with Crippen LogP contribution < -0.4 is 0 Å². The summed E-state index contributed by atoms with van der Waals surface area (Å²) >= 11 is 5.70. The minimum Gasteiger partial charge on any atom is -0.596 e. The van der Waals surface area contributed by atoms with Crippen molar-refractivity contribution in [2.75, 3.05) is 13.6 Å². The summed E-state index contributed by atoms with van der Waals surface area (Å²) in [6.45, 7) is 0.617. The predicted molar refractivity (Wildman–Crippen MR) is 46.2 cm³/mol. The van der Waals surface area contributed by atoms with Crippen LogP contribution in [-0.2, 0) is 0 Å². The monoisotopic (exact) mass is 185 g/mol. The molecule has 0 aromatic rings. The average Bonchev–Trinajstić information content (AvgIpc) is 2.28. The van der Waals surface area contributed by atoms with Gasteiger partial charge in [0, 0.05) is 30.3 Å². The molecule has 4 nitrogen and oxygen atoms in total. The molecule has 64 valence electrons. The third-order valence-corrected chi connectivity index (χ3v) is 2.11. The maximum Gasteiger partial charge on any atom is 0.250 e. The Hall–Kier alpha value is -1.16. The number of hydrazine groups is 1. The number of halogens is 1. The van der Waals surface area contributed by atoms with Crippen molar-refractivity contribution in [3.05, 3.63) is 29.3 Å². The van der Waals surface area contributed by atoms with E-state index in [2.05, 4.69) is 0 Å². The summed E-state index contributed by atoms with van der Waals surface area (Å²) in [4.78, 5) is 0.867. The molecular weight excluding hydrogens is 178 g/mol. The van der Waals surface area contributed by atoms with Crippen LogP contribution in [0.3, 0.4) is 0 Å². The zero-order valence-electron chi connectivity index (χ0n) is 6.57. The van der Waals surface area contributed by atoms with Crippen molar-refractivity contribution in [3.63, 3.8) is 0 Å². The number of rotatable bonds is 0. The Morgan fingerprint density at radius 2 is 2.42 bits per heavy atom. The van der Waals surface area contributed by atoms with Crippen molar-refractivity contribution in [1.82, 2.24) is 9.43 Å². The van der Waals surface area contributed by atoms with Gasteiger partial charge >= 0.3 is 0 Å². The predicted octanol–water partition coefficient (Wildman–Crippen LogP) is 0.665. The zero-order chi connectivity index (χ0) is 8.72. The number of hydrogen-bond acceptors (Lipinski definition) is 3. The molecule has 0 radical (unpaired) electrons. The van der Waals surface area contributed by atoms with Gasteiger partial charge in [0.2, 0.25) is 5.71 Å². The number of nitrogens with zero attached hydrogens (tertiary/aromatic N) is 3. The van der Waals surface area contributed by atoms with Crippen molar-refractivity contribution in [2.24, 2.45) is 0 Å². The van der Waals surface area contributed by atoms with Crippen LogP contribution in [0, 0.1) is 5.21 Å². The van der Waals surface area contributed by atoms with E-state index in [-0.39, 0.29) is 0 Å². The van der Waals surface area contributed by atoms with Crippen molar-refractivity contribution < 1.29 is 4.85 Å². The molecule has 0 bridgehead atoms. The van der Waals surface area contributed by atoms with Crippen LogP contribution in [0.4, 0.5) is 0 Å². The van der Waals surface area contributed by atoms with Crippen molar-refractivity contribution in [3.8, 4) is 0 Å². The molecule has 0 amide bonds. The third kappa shape index (κ3) is 0.956. The van der Waals surface area contributed by atoms with E-state index >= 15 is 0 Å². The first-order valence-corrected chi connectivity index (χ1v) is 3.91. The Bertz CT molecular complexity index is 308. The van der Waals surface area contributed by atoms with Gasteiger partial charge in [-0.3, -0.25) is 4.42 Å². The molecule has 0 saturated carbocycles. The average molecular weight is 186 g/mol. The molecule has 0 fully saturated rings. The van der Waals surface area contributed by atoms with Gasteiger partial charge in [-0.1, -0.05) is 4.85 Å². The van der Waals surface area contributed by atoms with E-state index in [0.717, 1.165) is 10.4 Å². The molecule has 0 saturated heterocycles. The van der Waals surface area contributed by atoms with Gasteiger partial charge in [-0.15, -0.1) is 0 Å². The summed E-state index contributed by atoms with van der Waals surface area (Å²) in [5.74, 6) is 0. The first-order valence-electron chi connectivity index (χ1n) is 3.57. The molecule has 0 aromatic carbocycles. The minimum absolute atomic E-state index is 0.617. The largest absolute Gasteiger partial charge is 0.596 e. The van der Waals surface area contributed by atoms with Crippen LogP contribution in [0.5, 0.6) is 0 Å². The third-order valence-electron chi connectivity index (χ3n) is 1.90. The Balaban J connectivity index is 2.41. The fourth-order valence-electron chi connectivity index (χ4n) is 1.31. The van der Waals surface area contributed by atoms with Gasteiger partial charge in [0.05, 0.1) is 12.6 Å². The lowest BCUT2D eigenvalue weighted by Gasteiger charge is -2.08. The number of allylic oxidation sites excluding steroid dienone is 1. The van der Waals surface area contributed by atoms with E-state index in [1.165, 1.54) is 4.42 Å². The van der Waals surface area contributed by atoms with E-state index in [0.29, 0.717) is 12.3 Å². The quantitative estimate of drug-likeness (QED) is 0.316. The molecule has 2 rings (SSSR count). The molecular formula is C7H8ClN3O. The van der Waals surface area contributed by atoms with Crippen LogP contribution >= 0.6 is 11.8 Å². The maximum atomic E-state index is 11.3. The lowest BCUT2D eigenvalue weighted by atomic mass is 10.1. The summed E-state index contributed by atoms with van der Waals surface area (Å²) < 4.78 is 1.42. The number of hydrazone groups is 1. The molecule has 5 heteroatoms. The lowest BCUT2D eigenvalue weighted by molar-refractivity contribution is -0.619. The van der Waals surface area contributed by atoms with Gasteiger partial charge in [0.1, 0.15) is 6.54 Å². The fraction of sp³-hybridized carbons (Fsp3) is 0.286. The molecule has 0 atom stereocenters. The standard InChI is InChI=1S/C7H8ClN3O/c1-9-4-6-5-10(8)3-2-7(6)11(9)12/h2-3,5H,4H2,1H3. The molecule has 2 aliphatic heterocycles. The van der Waals surface area contributed by atoms with Gasteiger partial charge < -0.3 is 5.21 Å². The molecule has 0 aromatic heterocycles. The highest BCUT2D eigenvalue weighted by molar-refractivity contribution is 6.17. The van der Waals surface area contributed by atoms with Crippen LogP contribution in [0.25, 0.3) is 0 Å². The minimum atomic E-state index is 0.617. The zero-order valence-corrected chi connectivity index (χ0v) is 7.32. The van der Waals surface area contributed by atoms with E-state index in [4.69, 9.17) is 11.8 Å². The topological polar surface area (TPSA) is 32.5 Å². The molecule has 0 spiro atoms. The van der Waals surface area contributed by atoms with Crippen LogP contribution in [0.15, 0.2) is 24.0 Å². The second-order valence-electron chi connectivity index (χ2n) is 2.79. The van der Waals surface area contributed by atoms with Gasteiger partial charge in [0.15, 0.2) is 0 Å². The summed E-state index contributed by atoms with van der Waals surface area (Å²) in [6.07, 6.45) is 5.09. The molecule has 0 unspecified atom stereocenters. The molecule has 2 heterocycles. The number of likely N-dealkylation sites (N-methyl/N-ethyl adjacent to an activating group) is 1. The Morgan fingerprint density at radius 3 is 3.17 bits per heavy atom. The number of hydrogen-bond donors (Lipinski definition) is 0. The van der Waals surface area contributed by atoms with Crippen LogP contribution in [0.1, 0.15) is 0 Å². The highest BCUT2D eigenvalue weighted by Crippen LogP contribution is 2.17. The second kappa shape index (κ2) is 2.42. The summed E-state index contributed by atoms with van der Waals surface area (Å²) in [6, 6.07) is 0. The summed E-state index contributed by atoms with van der Waals surface area (Å²) in [5.41, 5.74) is 1.62. The fourth-order valence-corrected chi connectivity index (χ4v) is 1.48. The lowest BCUT2D eigenvalue weighted by Crippen LogP contribution is -2.22. The first-order chi connectivity index (χ1) is 5.68. The van der Waals surface area contributed by atoms with Crippen molar-refractivity contribution >= 4 is 17.5 Å². The SMILES string of the molecule is CN1CC2=CN(Cl)C=CC2=[N+]1[O-]. The van der Waals surface area contributed by atoms with Crippen molar-refractivity contribution in [1.29, 1.82) is 0 Å². The second-order valence-corrected chi connectivity index (χ2v) is 3.18. The summed E-state index contributed by atoms with van der Waals surface area (Å²) in [5, 5.41) is 12.9. The Kier molecular flexibility index (Phi) is 1.51. The molecule has 0 N–H and O–H groups in total. The molecule has 12 heavy (non-hydrogen) atoms. The van der Waals surface area contributed by atoms with Gasteiger partial charge in [-0.05, 0) is 0 Å². The highest BCUT2D eigenvalue weighted by atomic mass is 35.5. The Morgan fingerprint density at radius 1 is 1.67 bits per heavy atom. The van der Waals surface area contributed by atoms with Crippen LogP contribution in [0.2, 0.25) is 0 Å². The first kappa shape index (κ1) is 7.49. The van der Waals surface area contributed by atoms with Gasteiger partial charge in [-0.2, -0.15) is 5.01 Å². The molecule has 0 aliphatic carbocycles. The van der Waals surface area contributed by atoms with Crippen LogP contribution in [-0.4, -0.2) is 33.6 Å². The smallest absolute Gasteiger partial charge is 0.250 e.